The van der Waals surface area contributed by atoms with Crippen LogP contribution in [0.15, 0.2) is 6.20 Å². The third kappa shape index (κ3) is 2.24. The lowest BCUT2D eigenvalue weighted by atomic mass is 10.5. The minimum atomic E-state index is -0.400. The molecule has 0 aromatic carbocycles. The first kappa shape index (κ1) is 12.0. The molecule has 1 heterocycles. The van der Waals surface area contributed by atoms with Crippen molar-refractivity contribution in [3.8, 4) is 0 Å². The molecule has 3 N–H and O–H groups in total. The molecule has 1 aromatic heterocycles. The van der Waals surface area contributed by atoms with Crippen molar-refractivity contribution in [1.29, 1.82) is 0 Å². The van der Waals surface area contributed by atoms with Crippen molar-refractivity contribution in [2.45, 2.75) is 0 Å². The van der Waals surface area contributed by atoms with Crippen LogP contribution in [0.1, 0.15) is 15.3 Å². The summed E-state index contributed by atoms with van der Waals surface area (Å²) in [5, 5.41) is 0. The molecule has 1 rings (SSSR count). The predicted octanol–water partition coefficient (Wildman–Crippen LogP) is 0.379. The fourth-order valence-electron chi connectivity index (χ4n) is 0.817. The number of nitrogens with two attached hydrogens (primary N) is 1. The maximum absolute atomic E-state index is 11.1. The number of aldehydes is 1. The molecular formula is C6H8ClN3O2S. The first-order chi connectivity index (χ1) is 5.70. The second kappa shape index (κ2) is 4.90. The van der Waals surface area contributed by atoms with Crippen LogP contribution >= 0.6 is 24.6 Å². The van der Waals surface area contributed by atoms with Gasteiger partial charge in [0.25, 0.3) is 0 Å². The second-order valence-corrected chi connectivity index (χ2v) is 2.46. The third-order valence-corrected chi connectivity index (χ3v) is 1.65. The van der Waals surface area contributed by atoms with Crippen LogP contribution in [-0.4, -0.2) is 28.3 Å². The summed E-state index contributed by atoms with van der Waals surface area (Å²) in [4.78, 5) is 24.0. The lowest BCUT2D eigenvalue weighted by Crippen LogP contribution is -2.22. The molecule has 1 aromatic rings. The number of aromatic amines is 1. The SMILES string of the molecule is Cl.NCC(=O)n1c(C=O)c[nH]c1=S. The number of halogens is 1. The first-order valence-corrected chi connectivity index (χ1v) is 3.60. The number of carbonyl (C=O) groups excluding carboxylic acids is 2. The average molecular weight is 222 g/mol. The minimum Gasteiger partial charge on any atom is -0.336 e. The van der Waals surface area contributed by atoms with Gasteiger partial charge in [-0.1, -0.05) is 0 Å². The zero-order valence-corrected chi connectivity index (χ0v) is 8.15. The topological polar surface area (TPSA) is 80.9 Å². The van der Waals surface area contributed by atoms with E-state index < -0.39 is 5.91 Å². The highest BCUT2D eigenvalue weighted by molar-refractivity contribution is 7.71. The lowest BCUT2D eigenvalue weighted by Gasteiger charge is -1.98. The van der Waals surface area contributed by atoms with Crippen LogP contribution in [0.3, 0.4) is 0 Å². The fourth-order valence-corrected chi connectivity index (χ4v) is 1.08. The van der Waals surface area contributed by atoms with Crippen LogP contribution in [-0.2, 0) is 0 Å². The maximum Gasteiger partial charge on any atom is 0.247 e. The summed E-state index contributed by atoms with van der Waals surface area (Å²) >= 11 is 4.75. The van der Waals surface area contributed by atoms with E-state index in [0.717, 1.165) is 4.57 Å². The second-order valence-electron chi connectivity index (χ2n) is 2.07. The van der Waals surface area contributed by atoms with Crippen molar-refractivity contribution >= 4 is 36.8 Å². The van der Waals surface area contributed by atoms with Gasteiger partial charge in [-0.15, -0.1) is 12.4 Å². The average Bonchev–Trinajstić information content (AvgIpc) is 2.45. The van der Waals surface area contributed by atoms with Crippen LogP contribution < -0.4 is 5.73 Å². The highest BCUT2D eigenvalue weighted by Gasteiger charge is 2.08. The third-order valence-electron chi connectivity index (χ3n) is 1.35. The Bertz CT molecular complexity index is 370. The van der Waals surface area contributed by atoms with Gasteiger partial charge in [0, 0.05) is 6.20 Å². The molecule has 0 aliphatic heterocycles. The van der Waals surface area contributed by atoms with E-state index >= 15 is 0 Å². The molecule has 0 saturated carbocycles. The molecule has 72 valence electrons. The quantitative estimate of drug-likeness (QED) is 0.559. The van der Waals surface area contributed by atoms with Crippen molar-refractivity contribution in [3.05, 3.63) is 16.7 Å². The van der Waals surface area contributed by atoms with Crippen molar-refractivity contribution in [1.82, 2.24) is 9.55 Å². The van der Waals surface area contributed by atoms with Crippen molar-refractivity contribution in [2.24, 2.45) is 5.73 Å². The number of imidazole rings is 1. The first-order valence-electron chi connectivity index (χ1n) is 3.19. The molecule has 0 aliphatic carbocycles. The van der Waals surface area contributed by atoms with Gasteiger partial charge in [0.05, 0.1) is 6.54 Å². The van der Waals surface area contributed by atoms with E-state index in [0.29, 0.717) is 6.29 Å². The van der Waals surface area contributed by atoms with E-state index in [4.69, 9.17) is 18.0 Å². The normalized spacial score (nSPS) is 9.00. The minimum absolute atomic E-state index is 0. The Kier molecular flexibility index (Phi) is 4.53. The number of hydrogen-bond acceptors (Lipinski definition) is 4. The van der Waals surface area contributed by atoms with Crippen LogP contribution in [0.4, 0.5) is 0 Å². The number of nitrogens with zero attached hydrogens (tertiary/aromatic N) is 1. The van der Waals surface area contributed by atoms with Gasteiger partial charge in [-0.3, -0.25) is 14.2 Å². The summed E-state index contributed by atoms with van der Waals surface area (Å²) in [7, 11) is 0. The summed E-state index contributed by atoms with van der Waals surface area (Å²) < 4.78 is 1.26. The molecule has 0 unspecified atom stereocenters. The Hall–Kier alpha value is -0.980. The van der Waals surface area contributed by atoms with E-state index in [2.05, 4.69) is 4.98 Å². The maximum atomic E-state index is 11.1. The van der Waals surface area contributed by atoms with Gasteiger partial charge in [-0.2, -0.15) is 0 Å². The summed E-state index contributed by atoms with van der Waals surface area (Å²) in [5.74, 6) is -0.400. The van der Waals surface area contributed by atoms with Gasteiger partial charge in [0.1, 0.15) is 5.69 Å². The molecule has 0 aliphatic rings. The number of rotatable bonds is 2. The van der Waals surface area contributed by atoms with Gasteiger partial charge in [0.15, 0.2) is 11.1 Å². The molecule has 0 spiro atoms. The highest BCUT2D eigenvalue weighted by Crippen LogP contribution is 1.97. The molecule has 0 bridgehead atoms. The number of hydrogen-bond donors (Lipinski definition) is 2. The van der Waals surface area contributed by atoms with E-state index in [-0.39, 0.29) is 29.4 Å². The molecule has 0 atom stereocenters. The van der Waals surface area contributed by atoms with Gasteiger partial charge in [-0.05, 0) is 12.2 Å². The molecule has 0 amide bonds. The number of H-pyrrole nitrogens is 1. The molecular weight excluding hydrogens is 214 g/mol. The predicted molar refractivity (Wildman–Crippen MR) is 51.9 cm³/mol. The van der Waals surface area contributed by atoms with Gasteiger partial charge < -0.3 is 10.7 Å². The van der Waals surface area contributed by atoms with Gasteiger partial charge in [0.2, 0.25) is 5.91 Å². The number of carbonyl (C=O) groups is 2. The summed E-state index contributed by atoms with van der Waals surface area (Å²) in [6, 6.07) is 0. The highest BCUT2D eigenvalue weighted by atomic mass is 35.5. The molecule has 13 heavy (non-hydrogen) atoms. The monoisotopic (exact) mass is 221 g/mol. The number of aromatic nitrogens is 2. The van der Waals surface area contributed by atoms with Crippen molar-refractivity contribution in [2.75, 3.05) is 6.54 Å². The van der Waals surface area contributed by atoms with Crippen molar-refractivity contribution < 1.29 is 9.59 Å². The molecule has 5 nitrogen and oxygen atoms in total. The van der Waals surface area contributed by atoms with Crippen LogP contribution in [0.2, 0.25) is 0 Å². The van der Waals surface area contributed by atoms with E-state index in [1.54, 1.807) is 0 Å². The molecule has 0 radical (unpaired) electrons. The molecule has 7 heteroatoms. The van der Waals surface area contributed by atoms with Gasteiger partial charge in [-0.25, -0.2) is 0 Å². The summed E-state index contributed by atoms with van der Waals surface area (Å²) in [6.07, 6.45) is 1.91. The van der Waals surface area contributed by atoms with E-state index in [1.807, 2.05) is 0 Å². The van der Waals surface area contributed by atoms with Crippen LogP contribution in [0, 0.1) is 4.77 Å². The summed E-state index contributed by atoms with van der Waals surface area (Å²) in [5.41, 5.74) is 5.30. The zero-order valence-electron chi connectivity index (χ0n) is 6.52. The lowest BCUT2D eigenvalue weighted by molar-refractivity contribution is 0.0910. The Labute approximate surface area is 85.3 Å². The van der Waals surface area contributed by atoms with Crippen molar-refractivity contribution in [3.63, 3.8) is 0 Å². The largest absolute Gasteiger partial charge is 0.336 e. The number of nitrogens with one attached hydrogen (secondary N) is 1. The smallest absolute Gasteiger partial charge is 0.247 e. The van der Waals surface area contributed by atoms with Crippen LogP contribution in [0.5, 0.6) is 0 Å². The summed E-state index contributed by atoms with van der Waals surface area (Å²) in [6.45, 7) is -0.174. The van der Waals surface area contributed by atoms with E-state index in [1.165, 1.54) is 6.20 Å². The standard InChI is InChI=1S/C6H7N3O2S.ClH/c7-1-5(11)9-4(3-10)2-8-6(9)12;/h2-3H,1,7H2,(H,8,12);1H. The fraction of sp³-hybridized carbons (Fsp3) is 0.167. The molecule has 0 saturated heterocycles. The van der Waals surface area contributed by atoms with E-state index in [9.17, 15) is 9.59 Å². The van der Waals surface area contributed by atoms with Gasteiger partial charge >= 0.3 is 0 Å². The molecule has 0 fully saturated rings. The van der Waals surface area contributed by atoms with Crippen LogP contribution in [0.25, 0.3) is 0 Å². The Morgan fingerprint density at radius 2 is 2.38 bits per heavy atom. The Balaban J connectivity index is 0.00000144. The Morgan fingerprint density at radius 1 is 1.77 bits per heavy atom. The zero-order chi connectivity index (χ0) is 9.14. The Morgan fingerprint density at radius 3 is 2.85 bits per heavy atom.